The number of hydrazine groups is 1. The fourth-order valence-electron chi connectivity index (χ4n) is 1.25. The first kappa shape index (κ1) is 12.0. The molecule has 0 radical (unpaired) electrons. The molecule has 0 saturated carbocycles. The van der Waals surface area contributed by atoms with E-state index in [1.165, 1.54) is 9.75 Å². The molecular formula is C10H18N4S. The second-order valence-corrected chi connectivity index (χ2v) is 4.60. The highest BCUT2D eigenvalue weighted by Gasteiger charge is 2.08. The first-order chi connectivity index (χ1) is 7.17. The number of thiophene rings is 1. The number of rotatable bonds is 3. The Morgan fingerprint density at radius 2 is 2.33 bits per heavy atom. The van der Waals surface area contributed by atoms with Crippen molar-refractivity contribution in [2.75, 3.05) is 6.54 Å². The highest BCUT2D eigenvalue weighted by atomic mass is 32.1. The molecule has 1 rings (SSSR count). The van der Waals surface area contributed by atoms with Gasteiger partial charge in [0.15, 0.2) is 0 Å². The lowest BCUT2D eigenvalue weighted by Gasteiger charge is -2.14. The van der Waals surface area contributed by atoms with Gasteiger partial charge < -0.3 is 5.32 Å². The van der Waals surface area contributed by atoms with Crippen molar-refractivity contribution in [1.82, 2.24) is 10.7 Å². The van der Waals surface area contributed by atoms with Crippen LogP contribution in [0, 0.1) is 6.92 Å². The molecule has 0 spiro atoms. The maximum Gasteiger partial charge on any atom is 0.206 e. The van der Waals surface area contributed by atoms with Crippen molar-refractivity contribution in [1.29, 1.82) is 0 Å². The van der Waals surface area contributed by atoms with Crippen LogP contribution in [0.4, 0.5) is 0 Å². The lowest BCUT2D eigenvalue weighted by Crippen LogP contribution is -2.42. The number of hydrogen-bond acceptors (Lipinski definition) is 3. The Hall–Kier alpha value is -1.07. The largest absolute Gasteiger partial charge is 0.348 e. The Labute approximate surface area is 94.6 Å². The minimum atomic E-state index is 0.227. The van der Waals surface area contributed by atoms with Gasteiger partial charge in [-0.2, -0.15) is 0 Å². The summed E-state index contributed by atoms with van der Waals surface area (Å²) in [6, 6.07) is 4.47. The number of nitrogens with one attached hydrogen (secondary N) is 2. The number of hydrogen-bond donors (Lipinski definition) is 3. The molecule has 0 aliphatic heterocycles. The smallest absolute Gasteiger partial charge is 0.206 e. The maximum atomic E-state index is 5.35. The van der Waals surface area contributed by atoms with Crippen LogP contribution < -0.4 is 16.6 Å². The van der Waals surface area contributed by atoms with E-state index in [0.29, 0.717) is 12.5 Å². The summed E-state index contributed by atoms with van der Waals surface area (Å²) >= 11 is 1.78. The molecule has 0 bridgehead atoms. The Morgan fingerprint density at radius 3 is 2.80 bits per heavy atom. The van der Waals surface area contributed by atoms with Gasteiger partial charge in [0.2, 0.25) is 5.96 Å². The van der Waals surface area contributed by atoms with Crippen LogP contribution >= 0.6 is 11.3 Å². The molecule has 1 heterocycles. The van der Waals surface area contributed by atoms with Crippen molar-refractivity contribution in [3.63, 3.8) is 0 Å². The molecule has 1 aromatic rings. The SMILES string of the molecule is CCN=C(NN)NC(C)c1ccc(C)s1. The molecule has 5 heteroatoms. The summed E-state index contributed by atoms with van der Waals surface area (Å²) in [6.07, 6.45) is 0. The number of aryl methyl sites for hydroxylation is 1. The quantitative estimate of drug-likeness (QED) is 0.317. The van der Waals surface area contributed by atoms with Gasteiger partial charge in [-0.15, -0.1) is 11.3 Å². The van der Waals surface area contributed by atoms with Gasteiger partial charge >= 0.3 is 0 Å². The summed E-state index contributed by atoms with van der Waals surface area (Å²) in [5.41, 5.74) is 2.55. The molecule has 4 N–H and O–H groups in total. The molecule has 0 fully saturated rings. The summed E-state index contributed by atoms with van der Waals surface area (Å²) in [5, 5.41) is 3.22. The van der Waals surface area contributed by atoms with E-state index in [4.69, 9.17) is 5.84 Å². The molecule has 4 nitrogen and oxygen atoms in total. The highest BCUT2D eigenvalue weighted by molar-refractivity contribution is 7.12. The topological polar surface area (TPSA) is 62.4 Å². The van der Waals surface area contributed by atoms with Gasteiger partial charge in [0, 0.05) is 16.3 Å². The first-order valence-electron chi connectivity index (χ1n) is 5.01. The third-order valence-corrected chi connectivity index (χ3v) is 3.18. The van der Waals surface area contributed by atoms with Gasteiger partial charge in [-0.1, -0.05) is 0 Å². The van der Waals surface area contributed by atoms with Crippen molar-refractivity contribution < 1.29 is 0 Å². The minimum Gasteiger partial charge on any atom is -0.348 e. The average molecular weight is 226 g/mol. The van der Waals surface area contributed by atoms with Gasteiger partial charge in [0.25, 0.3) is 0 Å². The van der Waals surface area contributed by atoms with Crippen LogP contribution in [0.1, 0.15) is 29.6 Å². The lowest BCUT2D eigenvalue weighted by atomic mass is 10.3. The third kappa shape index (κ3) is 3.53. The summed E-state index contributed by atoms with van der Waals surface area (Å²) in [7, 11) is 0. The fourth-order valence-corrected chi connectivity index (χ4v) is 2.13. The molecule has 1 atom stereocenters. The Balaban J connectivity index is 2.62. The van der Waals surface area contributed by atoms with Crippen molar-refractivity contribution in [3.05, 3.63) is 21.9 Å². The van der Waals surface area contributed by atoms with E-state index in [1.807, 2.05) is 6.92 Å². The van der Waals surface area contributed by atoms with E-state index in [9.17, 15) is 0 Å². The highest BCUT2D eigenvalue weighted by Crippen LogP contribution is 2.21. The van der Waals surface area contributed by atoms with Gasteiger partial charge in [0.1, 0.15) is 0 Å². The van der Waals surface area contributed by atoms with Crippen LogP contribution in [0.25, 0.3) is 0 Å². The van der Waals surface area contributed by atoms with Crippen LogP contribution in [0.2, 0.25) is 0 Å². The second kappa shape index (κ2) is 5.72. The summed E-state index contributed by atoms with van der Waals surface area (Å²) in [5.74, 6) is 5.99. The standard InChI is InChI=1S/C10H18N4S/c1-4-12-10(14-11)13-8(3)9-6-5-7(2)15-9/h5-6,8H,4,11H2,1-3H3,(H2,12,13,14). The zero-order chi connectivity index (χ0) is 11.3. The van der Waals surface area contributed by atoms with Crippen LogP contribution in [0.15, 0.2) is 17.1 Å². The van der Waals surface area contributed by atoms with Crippen LogP contribution in [0.3, 0.4) is 0 Å². The zero-order valence-electron chi connectivity index (χ0n) is 9.37. The third-order valence-electron chi connectivity index (χ3n) is 1.99. The van der Waals surface area contributed by atoms with E-state index in [1.54, 1.807) is 11.3 Å². The van der Waals surface area contributed by atoms with Gasteiger partial charge in [0.05, 0.1) is 6.04 Å². The van der Waals surface area contributed by atoms with E-state index in [2.05, 4.69) is 41.7 Å². The molecule has 0 aliphatic rings. The Morgan fingerprint density at radius 1 is 1.60 bits per heavy atom. The molecular weight excluding hydrogens is 208 g/mol. The van der Waals surface area contributed by atoms with E-state index in [-0.39, 0.29) is 6.04 Å². The summed E-state index contributed by atoms with van der Waals surface area (Å²) in [4.78, 5) is 6.79. The number of aliphatic imine (C=N–C) groups is 1. The minimum absolute atomic E-state index is 0.227. The molecule has 15 heavy (non-hydrogen) atoms. The monoisotopic (exact) mass is 226 g/mol. The van der Waals surface area contributed by atoms with E-state index >= 15 is 0 Å². The van der Waals surface area contributed by atoms with E-state index < -0.39 is 0 Å². The maximum absolute atomic E-state index is 5.35. The Bertz CT molecular complexity index is 332. The lowest BCUT2D eigenvalue weighted by molar-refractivity contribution is 0.701. The molecule has 1 aromatic heterocycles. The van der Waals surface area contributed by atoms with Crippen LogP contribution in [0.5, 0.6) is 0 Å². The predicted molar refractivity (Wildman–Crippen MR) is 65.9 cm³/mol. The Kier molecular flexibility index (Phi) is 4.58. The van der Waals surface area contributed by atoms with Crippen molar-refractivity contribution in [2.45, 2.75) is 26.8 Å². The van der Waals surface area contributed by atoms with Crippen LogP contribution in [-0.4, -0.2) is 12.5 Å². The molecule has 1 unspecified atom stereocenters. The second-order valence-electron chi connectivity index (χ2n) is 3.28. The van der Waals surface area contributed by atoms with Crippen molar-refractivity contribution in [2.24, 2.45) is 10.8 Å². The zero-order valence-corrected chi connectivity index (χ0v) is 10.2. The van der Waals surface area contributed by atoms with Crippen molar-refractivity contribution >= 4 is 17.3 Å². The number of nitrogens with zero attached hydrogens (tertiary/aromatic N) is 1. The normalized spacial score (nSPS) is 13.7. The summed E-state index contributed by atoms with van der Waals surface area (Å²) < 4.78 is 0. The van der Waals surface area contributed by atoms with Gasteiger partial charge in [-0.25, -0.2) is 5.84 Å². The van der Waals surface area contributed by atoms with Crippen LogP contribution in [-0.2, 0) is 0 Å². The molecule has 84 valence electrons. The molecule has 0 amide bonds. The first-order valence-corrected chi connectivity index (χ1v) is 5.83. The number of nitrogens with two attached hydrogens (primary N) is 1. The number of guanidine groups is 1. The van der Waals surface area contributed by atoms with Crippen molar-refractivity contribution in [3.8, 4) is 0 Å². The molecule has 0 aliphatic carbocycles. The molecule has 0 saturated heterocycles. The van der Waals surface area contributed by atoms with Gasteiger partial charge in [-0.05, 0) is 32.9 Å². The van der Waals surface area contributed by atoms with Gasteiger partial charge in [-0.3, -0.25) is 10.4 Å². The fraction of sp³-hybridized carbons (Fsp3) is 0.500. The average Bonchev–Trinajstić information content (AvgIpc) is 2.64. The summed E-state index contributed by atoms with van der Waals surface area (Å²) in [6.45, 7) is 6.87. The molecule has 0 aromatic carbocycles. The predicted octanol–water partition coefficient (Wildman–Crippen LogP) is 1.55. The van der Waals surface area contributed by atoms with E-state index in [0.717, 1.165) is 0 Å².